The van der Waals surface area contributed by atoms with Crippen LogP contribution in [0.4, 0.5) is 4.39 Å². The number of rotatable bonds is 6. The number of hydrogen-bond acceptors (Lipinski definition) is 3. The molecule has 1 aromatic rings. The van der Waals surface area contributed by atoms with Crippen molar-refractivity contribution in [1.82, 2.24) is 5.32 Å². The summed E-state index contributed by atoms with van der Waals surface area (Å²) < 4.78 is 22.4. The van der Waals surface area contributed by atoms with E-state index in [1.807, 2.05) is 0 Å². The molecule has 16 heavy (non-hydrogen) atoms. The van der Waals surface area contributed by atoms with Gasteiger partial charge in [0.05, 0.1) is 6.61 Å². The van der Waals surface area contributed by atoms with E-state index < -0.39 is 0 Å². The van der Waals surface area contributed by atoms with Crippen LogP contribution >= 0.6 is 0 Å². The fraction of sp³-hybridized carbons (Fsp3) is 0.364. The zero-order valence-electron chi connectivity index (χ0n) is 9.03. The van der Waals surface area contributed by atoms with Crippen LogP contribution in [0.1, 0.15) is 0 Å². The second kappa shape index (κ2) is 6.79. The molecule has 1 aromatic carbocycles. The highest BCUT2D eigenvalue weighted by atomic mass is 19.1. The molecule has 4 nitrogen and oxygen atoms in total. The summed E-state index contributed by atoms with van der Waals surface area (Å²) in [6.45, 7) is 0.819. The second-order valence-electron chi connectivity index (χ2n) is 3.09. The first kappa shape index (κ1) is 12.4. The predicted molar refractivity (Wildman–Crippen MR) is 56.8 cm³/mol. The lowest BCUT2D eigenvalue weighted by atomic mass is 10.3. The molecule has 88 valence electrons. The molecule has 0 atom stereocenters. The fourth-order valence-corrected chi connectivity index (χ4v) is 1.02. The highest BCUT2D eigenvalue weighted by Gasteiger charge is 2.01. The van der Waals surface area contributed by atoms with E-state index in [4.69, 9.17) is 9.47 Å². The first-order valence-electron chi connectivity index (χ1n) is 4.86. The molecule has 0 unspecified atom stereocenters. The van der Waals surface area contributed by atoms with Gasteiger partial charge < -0.3 is 14.8 Å². The number of halogens is 1. The van der Waals surface area contributed by atoms with Gasteiger partial charge in [0, 0.05) is 13.7 Å². The summed E-state index contributed by atoms with van der Waals surface area (Å²) >= 11 is 0. The number of amides is 1. The van der Waals surface area contributed by atoms with Gasteiger partial charge in [0.2, 0.25) is 0 Å². The molecule has 1 N–H and O–H groups in total. The van der Waals surface area contributed by atoms with E-state index in [2.05, 4.69) is 5.32 Å². The molecule has 0 bridgehead atoms. The van der Waals surface area contributed by atoms with Gasteiger partial charge in [0.25, 0.3) is 5.91 Å². The summed E-state index contributed by atoms with van der Waals surface area (Å²) in [5.74, 6) is -0.110. The van der Waals surface area contributed by atoms with Gasteiger partial charge in [-0.3, -0.25) is 4.79 Å². The maximum Gasteiger partial charge on any atom is 0.258 e. The molecule has 0 fully saturated rings. The number of methoxy groups -OCH3 is 1. The average Bonchev–Trinajstić information content (AvgIpc) is 2.29. The summed E-state index contributed by atoms with van der Waals surface area (Å²) in [6, 6.07) is 5.49. The highest BCUT2D eigenvalue weighted by molar-refractivity contribution is 5.77. The summed E-state index contributed by atoms with van der Waals surface area (Å²) in [7, 11) is 1.56. The number of carbonyl (C=O) groups excluding carboxylic acids is 1. The predicted octanol–water partition coefficient (Wildman–Crippen LogP) is 0.967. The summed E-state index contributed by atoms with van der Waals surface area (Å²) in [5.41, 5.74) is 0. The number of hydrogen-bond donors (Lipinski definition) is 1. The zero-order valence-corrected chi connectivity index (χ0v) is 9.03. The minimum Gasteiger partial charge on any atom is -0.484 e. The van der Waals surface area contributed by atoms with E-state index in [0.29, 0.717) is 18.9 Å². The van der Waals surface area contributed by atoms with Gasteiger partial charge in [-0.1, -0.05) is 0 Å². The Labute approximate surface area is 93.4 Å². The SMILES string of the molecule is COCCNC(=O)COc1ccc(F)cc1. The second-order valence-corrected chi connectivity index (χ2v) is 3.09. The van der Waals surface area contributed by atoms with Crippen LogP contribution in [0.3, 0.4) is 0 Å². The number of nitrogens with one attached hydrogen (secondary N) is 1. The zero-order chi connectivity index (χ0) is 11.8. The molecule has 5 heteroatoms. The third-order valence-electron chi connectivity index (χ3n) is 1.81. The van der Waals surface area contributed by atoms with E-state index in [0.717, 1.165) is 0 Å². The van der Waals surface area contributed by atoms with E-state index in [1.165, 1.54) is 24.3 Å². The smallest absolute Gasteiger partial charge is 0.258 e. The molecule has 0 saturated heterocycles. The van der Waals surface area contributed by atoms with Crippen molar-refractivity contribution in [3.63, 3.8) is 0 Å². The van der Waals surface area contributed by atoms with Crippen molar-refractivity contribution in [2.24, 2.45) is 0 Å². The molecule has 1 rings (SSSR count). The van der Waals surface area contributed by atoms with Crippen LogP contribution in [-0.4, -0.2) is 32.8 Å². The van der Waals surface area contributed by atoms with Crippen LogP contribution in [0.2, 0.25) is 0 Å². The highest BCUT2D eigenvalue weighted by Crippen LogP contribution is 2.10. The van der Waals surface area contributed by atoms with Gasteiger partial charge in [-0.15, -0.1) is 0 Å². The maximum atomic E-state index is 12.5. The van der Waals surface area contributed by atoms with Crippen molar-refractivity contribution in [3.05, 3.63) is 30.1 Å². The lowest BCUT2D eigenvalue weighted by Crippen LogP contribution is -2.31. The molecule has 0 aliphatic heterocycles. The van der Waals surface area contributed by atoms with Crippen LogP contribution in [0.5, 0.6) is 5.75 Å². The van der Waals surface area contributed by atoms with Gasteiger partial charge >= 0.3 is 0 Å². The number of carbonyl (C=O) groups is 1. The third kappa shape index (κ3) is 4.75. The largest absolute Gasteiger partial charge is 0.484 e. The van der Waals surface area contributed by atoms with Crippen molar-refractivity contribution in [2.45, 2.75) is 0 Å². The van der Waals surface area contributed by atoms with Gasteiger partial charge in [0.1, 0.15) is 11.6 Å². The Bertz CT molecular complexity index is 327. The first-order valence-corrected chi connectivity index (χ1v) is 4.86. The van der Waals surface area contributed by atoms with Crippen molar-refractivity contribution < 1.29 is 18.7 Å². The van der Waals surface area contributed by atoms with E-state index >= 15 is 0 Å². The molecule has 1 amide bonds. The molecule has 0 saturated carbocycles. The lowest BCUT2D eigenvalue weighted by Gasteiger charge is -2.06. The molecule has 0 heterocycles. The molecule has 0 aliphatic carbocycles. The summed E-state index contributed by atoms with van der Waals surface area (Å²) in [5, 5.41) is 2.60. The molecule has 0 radical (unpaired) electrons. The molecular formula is C11H14FNO3. The van der Waals surface area contributed by atoms with E-state index in [1.54, 1.807) is 7.11 Å². The van der Waals surface area contributed by atoms with Crippen LogP contribution in [0, 0.1) is 5.82 Å². The van der Waals surface area contributed by atoms with Crippen LogP contribution < -0.4 is 10.1 Å². The lowest BCUT2D eigenvalue weighted by molar-refractivity contribution is -0.123. The van der Waals surface area contributed by atoms with Crippen molar-refractivity contribution >= 4 is 5.91 Å². The van der Waals surface area contributed by atoms with Crippen molar-refractivity contribution in [3.8, 4) is 5.75 Å². The topological polar surface area (TPSA) is 47.6 Å². The Kier molecular flexibility index (Phi) is 5.28. The normalized spacial score (nSPS) is 9.88. The van der Waals surface area contributed by atoms with Crippen molar-refractivity contribution in [2.75, 3.05) is 26.9 Å². The summed E-state index contributed by atoms with van der Waals surface area (Å²) in [6.07, 6.45) is 0. The van der Waals surface area contributed by atoms with E-state index in [9.17, 15) is 9.18 Å². The van der Waals surface area contributed by atoms with Crippen LogP contribution in [-0.2, 0) is 9.53 Å². The monoisotopic (exact) mass is 227 g/mol. The van der Waals surface area contributed by atoms with Gasteiger partial charge in [-0.2, -0.15) is 0 Å². The Morgan fingerprint density at radius 3 is 2.69 bits per heavy atom. The van der Waals surface area contributed by atoms with Gasteiger partial charge in [-0.05, 0) is 24.3 Å². The molecule has 0 aromatic heterocycles. The third-order valence-corrected chi connectivity index (χ3v) is 1.81. The Morgan fingerprint density at radius 2 is 2.06 bits per heavy atom. The quantitative estimate of drug-likeness (QED) is 0.736. The average molecular weight is 227 g/mol. The maximum absolute atomic E-state index is 12.5. The molecule has 0 aliphatic rings. The minimum absolute atomic E-state index is 0.0879. The first-order chi connectivity index (χ1) is 7.72. The number of benzene rings is 1. The fourth-order valence-electron chi connectivity index (χ4n) is 1.02. The van der Waals surface area contributed by atoms with Gasteiger partial charge in [0.15, 0.2) is 6.61 Å². The Hall–Kier alpha value is -1.62. The summed E-state index contributed by atoms with van der Waals surface area (Å²) in [4.78, 5) is 11.2. The standard InChI is InChI=1S/C11H14FNO3/c1-15-7-6-13-11(14)8-16-10-4-2-9(12)3-5-10/h2-5H,6-8H2,1H3,(H,13,14). The van der Waals surface area contributed by atoms with Gasteiger partial charge in [-0.25, -0.2) is 4.39 Å². The van der Waals surface area contributed by atoms with Crippen LogP contribution in [0.25, 0.3) is 0 Å². The Morgan fingerprint density at radius 1 is 1.38 bits per heavy atom. The van der Waals surface area contributed by atoms with Crippen molar-refractivity contribution in [1.29, 1.82) is 0 Å². The minimum atomic E-state index is -0.336. The Balaban J connectivity index is 2.23. The molecular weight excluding hydrogens is 213 g/mol. The van der Waals surface area contributed by atoms with Crippen LogP contribution in [0.15, 0.2) is 24.3 Å². The van der Waals surface area contributed by atoms with E-state index in [-0.39, 0.29) is 18.3 Å². The molecule has 0 spiro atoms. The number of ether oxygens (including phenoxy) is 2.